The first kappa shape index (κ1) is 62.7. The molecule has 3 aromatic heterocycles. The highest BCUT2D eigenvalue weighted by atomic mass is 79.9. The monoisotopic (exact) mass is 1330 g/mol. The van der Waals surface area contributed by atoms with E-state index in [1.165, 1.54) is 110 Å². The van der Waals surface area contributed by atoms with Gasteiger partial charge in [-0.2, -0.15) is 0 Å². The Labute approximate surface area is 583 Å². The van der Waals surface area contributed by atoms with E-state index < -0.39 is 0 Å². The summed E-state index contributed by atoms with van der Waals surface area (Å²) >= 11 is 3.54. The Morgan fingerprint density at radius 2 is 0.480 bits per heavy atom. The van der Waals surface area contributed by atoms with Crippen molar-refractivity contribution in [2.24, 2.45) is 0 Å². The molecule has 0 bridgehead atoms. The largest absolute Gasteiger partial charge is 0.341 e. The molecule has 6 heteroatoms. The molecule has 0 radical (unpaired) electrons. The van der Waals surface area contributed by atoms with Crippen LogP contribution in [-0.2, 0) is 32.5 Å². The van der Waals surface area contributed by atoms with E-state index in [4.69, 9.17) is 0 Å². The summed E-state index contributed by atoms with van der Waals surface area (Å²) < 4.78 is 8.31. The molecule has 0 aliphatic heterocycles. The van der Waals surface area contributed by atoms with Gasteiger partial charge in [0.05, 0.1) is 0 Å². The number of anilines is 6. The number of aryl methyl sites for hydroxylation is 3. The molecule has 0 spiro atoms. The van der Waals surface area contributed by atoms with Gasteiger partial charge in [0.1, 0.15) is 0 Å². The summed E-state index contributed by atoms with van der Waals surface area (Å²) in [7, 11) is 0. The van der Waals surface area contributed by atoms with Crippen LogP contribution >= 0.6 is 15.9 Å². The average Bonchev–Trinajstić information content (AvgIpc) is 1.60. The van der Waals surface area contributed by atoms with Crippen LogP contribution in [0, 0.1) is 0 Å². The van der Waals surface area contributed by atoms with E-state index in [9.17, 15) is 0 Å². The summed E-state index contributed by atoms with van der Waals surface area (Å²) in [6, 6.07) is 125. The summed E-state index contributed by atoms with van der Waals surface area (Å²) in [6.45, 7) is 9.49. The molecule has 17 rings (SSSR count). The molecule has 98 heavy (non-hydrogen) atoms. The third-order valence-electron chi connectivity index (χ3n) is 19.1. The van der Waals surface area contributed by atoms with Gasteiger partial charge in [0.2, 0.25) is 0 Å². The predicted molar refractivity (Wildman–Crippen MR) is 422 cm³/mol. The fourth-order valence-electron chi connectivity index (χ4n) is 14.4. The fraction of sp³-hybridized carbons (Fsp3) is 0.0870. The van der Waals surface area contributed by atoms with Gasteiger partial charge >= 0.3 is 0 Å². The van der Waals surface area contributed by atoms with Crippen molar-refractivity contribution in [3.63, 3.8) is 0 Å². The van der Waals surface area contributed by atoms with Gasteiger partial charge in [0.25, 0.3) is 0 Å². The summed E-state index contributed by atoms with van der Waals surface area (Å²) in [5, 5.41) is 7.78. The third-order valence-corrected chi connectivity index (χ3v) is 19.6. The van der Waals surface area contributed by atoms with Crippen molar-refractivity contribution in [3.05, 3.63) is 373 Å². The number of nitrogens with zero attached hydrogens (tertiary/aromatic N) is 5. The van der Waals surface area contributed by atoms with E-state index in [1.54, 1.807) is 0 Å². The second kappa shape index (κ2) is 28.5. The Morgan fingerprint density at radius 3 is 0.827 bits per heavy atom. The highest BCUT2D eigenvalue weighted by molar-refractivity contribution is 9.10. The highest BCUT2D eigenvalue weighted by Gasteiger charge is 2.19. The van der Waals surface area contributed by atoms with Gasteiger partial charge in [0, 0.05) is 124 Å². The summed E-state index contributed by atoms with van der Waals surface area (Å²) in [6.07, 6.45) is 1.97. The number of hydrogen-bond donors (Lipinski definition) is 0. The summed E-state index contributed by atoms with van der Waals surface area (Å²) in [5.74, 6) is 0. The van der Waals surface area contributed by atoms with Crippen molar-refractivity contribution < 1.29 is 0 Å². The topological polar surface area (TPSA) is 21.3 Å². The summed E-state index contributed by atoms with van der Waals surface area (Å²) in [4.78, 5) is 4.72. The van der Waals surface area contributed by atoms with Gasteiger partial charge in [-0.1, -0.05) is 240 Å². The van der Waals surface area contributed by atoms with Crippen molar-refractivity contribution in [3.8, 4) is 22.3 Å². The molecule has 5 nitrogen and oxygen atoms in total. The van der Waals surface area contributed by atoms with E-state index in [-0.39, 0.29) is 0 Å². The molecule has 0 amide bonds. The Bertz CT molecular complexity index is 5250. The number of para-hydroxylation sites is 5. The maximum atomic E-state index is 3.54. The van der Waals surface area contributed by atoms with E-state index in [2.05, 4.69) is 406 Å². The normalized spacial score (nSPS) is 11.3. The van der Waals surface area contributed by atoms with Gasteiger partial charge in [-0.3, -0.25) is 0 Å². The highest BCUT2D eigenvalue weighted by Crippen LogP contribution is 2.42. The number of rotatable bonds is 15. The number of hydrogen-bond acceptors (Lipinski definition) is 2. The van der Waals surface area contributed by atoms with Crippen LogP contribution in [0.2, 0.25) is 0 Å². The molecule has 0 unspecified atom stereocenters. The van der Waals surface area contributed by atoms with E-state index >= 15 is 0 Å². The maximum Gasteiger partial charge on any atom is 0.0492 e. The van der Waals surface area contributed by atoms with Crippen molar-refractivity contribution >= 4 is 115 Å². The molecule has 476 valence electrons. The Morgan fingerprint density at radius 1 is 0.224 bits per heavy atom. The van der Waals surface area contributed by atoms with Gasteiger partial charge in [-0.15, -0.1) is 0 Å². The van der Waals surface area contributed by atoms with Crippen molar-refractivity contribution in [2.75, 3.05) is 9.80 Å². The van der Waals surface area contributed by atoms with Gasteiger partial charge < -0.3 is 23.5 Å². The standard InChI is InChI=1S/C52H42N4.C26H22.C14H12BrN/c1-3-53-49-21-13-11-19-45(49)47-35-43(31-33-51(47)53)55(39-15-7-5-8-16-39)41-27-23-37(24-28-41)38-25-29-42(30-26-38)56(40-17-9-6-10-18-40)44-32-34-52-48(36-44)46-20-12-14-22-50(46)54(52)4-2;1-3-7-21(8-4-1)19-23-11-15-25(16-12-23)26-17-13-24(14-18-26)20-22-9-5-2-6-10-22;1-2-16-13-6-4-3-5-11(13)12-9-10(15)7-8-14(12)16/h5-36H,3-4H2,1-2H3;1-18H,19-20H2;3-9H,2H2,1H3. The molecular formula is C92H76BrN5. The lowest BCUT2D eigenvalue weighted by Crippen LogP contribution is -2.10. The van der Waals surface area contributed by atoms with Gasteiger partial charge in [-0.05, 0) is 199 Å². The second-order valence-corrected chi connectivity index (χ2v) is 25.9. The average molecular weight is 1330 g/mol. The van der Waals surface area contributed by atoms with Gasteiger partial charge in [-0.25, -0.2) is 0 Å². The smallest absolute Gasteiger partial charge is 0.0492 e. The Balaban J connectivity index is 0.000000152. The van der Waals surface area contributed by atoms with E-state index in [0.29, 0.717) is 0 Å². The number of fused-ring (bicyclic) bond motifs is 9. The lowest BCUT2D eigenvalue weighted by molar-refractivity contribution is 0.827. The second-order valence-electron chi connectivity index (χ2n) is 25.0. The molecule has 0 saturated carbocycles. The molecule has 3 heterocycles. The van der Waals surface area contributed by atoms with Crippen molar-refractivity contribution in [2.45, 2.75) is 53.2 Å². The van der Waals surface area contributed by atoms with Crippen LogP contribution in [0.5, 0.6) is 0 Å². The van der Waals surface area contributed by atoms with Crippen LogP contribution in [0.3, 0.4) is 0 Å². The minimum absolute atomic E-state index is 0.930. The van der Waals surface area contributed by atoms with Gasteiger partial charge in [0.15, 0.2) is 0 Å². The zero-order chi connectivity index (χ0) is 66.3. The zero-order valence-corrected chi connectivity index (χ0v) is 57.1. The summed E-state index contributed by atoms with van der Waals surface area (Å²) in [5.41, 5.74) is 24.8. The minimum Gasteiger partial charge on any atom is -0.341 e. The Kier molecular flexibility index (Phi) is 18.2. The van der Waals surface area contributed by atoms with E-state index in [0.717, 1.165) is 71.1 Å². The molecule has 0 fully saturated rings. The number of benzene rings is 14. The quantitative estimate of drug-likeness (QED) is 0.102. The molecule has 17 aromatic rings. The van der Waals surface area contributed by atoms with Crippen molar-refractivity contribution in [1.29, 1.82) is 0 Å². The maximum absolute atomic E-state index is 3.54. The lowest BCUT2D eigenvalue weighted by Gasteiger charge is -2.26. The fourth-order valence-corrected chi connectivity index (χ4v) is 14.7. The first-order valence-electron chi connectivity index (χ1n) is 34.2. The molecule has 0 aliphatic carbocycles. The third kappa shape index (κ3) is 12.8. The molecule has 0 N–H and O–H groups in total. The van der Waals surface area contributed by atoms with Crippen LogP contribution in [0.1, 0.15) is 43.0 Å². The van der Waals surface area contributed by atoms with Crippen LogP contribution < -0.4 is 9.80 Å². The van der Waals surface area contributed by atoms with Crippen molar-refractivity contribution in [1.82, 2.24) is 13.7 Å². The first-order valence-corrected chi connectivity index (χ1v) is 35.0. The van der Waals surface area contributed by atoms with E-state index in [1.807, 2.05) is 0 Å². The molecular weight excluding hydrogens is 1250 g/mol. The van der Waals surface area contributed by atoms with Crippen LogP contribution in [-0.4, -0.2) is 13.7 Å². The molecule has 0 aliphatic rings. The SMILES string of the molecule is CCn1c2ccccc2c2cc(Br)ccc21.CCn1c2ccccc2c2cc(N(c3ccccc3)c3ccc(-c4ccc(N(c5ccccc5)c5ccc6c(c5)c5ccccc5n6CC)cc4)cc3)ccc21.c1ccc(Cc2ccc(-c3ccc(Cc4ccccc4)cc3)cc2)cc1. The zero-order valence-electron chi connectivity index (χ0n) is 55.6. The van der Waals surface area contributed by atoms with Crippen LogP contribution in [0.25, 0.3) is 87.7 Å². The molecule has 0 atom stereocenters. The molecule has 14 aromatic carbocycles. The number of aromatic nitrogens is 3. The van der Waals surface area contributed by atoms with Crippen LogP contribution in [0.4, 0.5) is 34.1 Å². The predicted octanol–water partition coefficient (Wildman–Crippen LogP) is 25.7. The minimum atomic E-state index is 0.930. The number of halogens is 1. The van der Waals surface area contributed by atoms with Crippen LogP contribution in [0.15, 0.2) is 350 Å². The Hall–Kier alpha value is -11.4. The molecule has 0 saturated heterocycles. The first-order chi connectivity index (χ1) is 48.4. The lowest BCUT2D eigenvalue weighted by atomic mass is 9.98.